The molecule has 0 saturated carbocycles. The van der Waals surface area contributed by atoms with Crippen molar-refractivity contribution < 1.29 is 53.2 Å². The maximum atomic E-state index is 14.3. The molecule has 1 aliphatic rings. The van der Waals surface area contributed by atoms with Crippen LogP contribution in [0, 0.1) is 11.6 Å². The molecule has 48 heavy (non-hydrogen) atoms. The number of rotatable bonds is 14. The third kappa shape index (κ3) is 11.9. The Hall–Kier alpha value is -4.51. The molecule has 1 saturated heterocycles. The number of nitrogens with one attached hydrogen (secondary N) is 1. The van der Waals surface area contributed by atoms with Gasteiger partial charge in [0.25, 0.3) is 5.91 Å². The highest BCUT2D eigenvalue weighted by Gasteiger charge is 2.27. The van der Waals surface area contributed by atoms with Crippen molar-refractivity contribution in [1.29, 1.82) is 0 Å². The minimum atomic E-state index is -1.13. The lowest BCUT2D eigenvalue weighted by Gasteiger charge is -2.35. The summed E-state index contributed by atoms with van der Waals surface area (Å²) in [4.78, 5) is 66.4. The molecule has 5 N–H and O–H groups in total. The van der Waals surface area contributed by atoms with E-state index in [1.54, 1.807) is 19.6 Å². The van der Waals surface area contributed by atoms with Crippen molar-refractivity contribution in [3.8, 4) is 16.9 Å². The number of halogens is 2. The molecule has 0 aliphatic carbocycles. The molecule has 1 fully saturated rings. The van der Waals surface area contributed by atoms with Crippen LogP contribution in [-0.4, -0.2) is 155 Å². The summed E-state index contributed by atoms with van der Waals surface area (Å²) in [6, 6.07) is 5.85. The molecule has 1 aliphatic heterocycles. The van der Waals surface area contributed by atoms with Crippen molar-refractivity contribution in [1.82, 2.24) is 24.9 Å². The van der Waals surface area contributed by atoms with Crippen LogP contribution in [-0.2, 0) is 19.2 Å². The molecule has 0 bridgehead atoms. The zero-order valence-corrected chi connectivity index (χ0v) is 26.4. The van der Waals surface area contributed by atoms with E-state index in [9.17, 15) is 53.2 Å². The summed E-state index contributed by atoms with van der Waals surface area (Å²) >= 11 is 0. The summed E-state index contributed by atoms with van der Waals surface area (Å²) in [5, 5.41) is 41.8. The Morgan fingerprint density at radius 3 is 1.96 bits per heavy atom. The molecular weight excluding hydrogens is 636 g/mol. The quantitative estimate of drug-likeness (QED) is 0.140. The largest absolute Gasteiger partial charge is 0.507 e. The SMILES string of the molecule is O=CCN1CCN(CC(=O)O)CCN(CC(=O)O)CCN(C(CCCNC(=O)c2cc(-c3ccc(F)cc3F)ccc2O)C(=O)O)CC1. The molecule has 14 nitrogen and oxygen atoms in total. The minimum Gasteiger partial charge on any atom is -0.507 e. The number of aldehydes is 1. The third-order valence-corrected chi connectivity index (χ3v) is 8.07. The highest BCUT2D eigenvalue weighted by molar-refractivity contribution is 5.98. The summed E-state index contributed by atoms with van der Waals surface area (Å²) in [5.41, 5.74) is 0.128. The zero-order chi connectivity index (χ0) is 35.2. The van der Waals surface area contributed by atoms with Gasteiger partial charge in [-0.1, -0.05) is 6.07 Å². The number of carboxylic acid groups (broad SMARTS) is 3. The van der Waals surface area contributed by atoms with Gasteiger partial charge in [0.05, 0.1) is 25.2 Å². The number of benzene rings is 2. The maximum absolute atomic E-state index is 14.3. The zero-order valence-electron chi connectivity index (χ0n) is 26.4. The number of nitrogens with zero attached hydrogens (tertiary/aromatic N) is 4. The van der Waals surface area contributed by atoms with Gasteiger partial charge in [-0.15, -0.1) is 0 Å². The van der Waals surface area contributed by atoms with Gasteiger partial charge in [-0.2, -0.15) is 0 Å². The van der Waals surface area contributed by atoms with Gasteiger partial charge >= 0.3 is 17.9 Å². The highest BCUT2D eigenvalue weighted by atomic mass is 19.1. The van der Waals surface area contributed by atoms with Crippen LogP contribution in [0.25, 0.3) is 11.1 Å². The van der Waals surface area contributed by atoms with E-state index in [1.807, 2.05) is 0 Å². The van der Waals surface area contributed by atoms with E-state index in [4.69, 9.17) is 0 Å². The van der Waals surface area contributed by atoms with Crippen LogP contribution < -0.4 is 5.32 Å². The number of hydrogen-bond acceptors (Lipinski definition) is 10. The highest BCUT2D eigenvalue weighted by Crippen LogP contribution is 2.28. The standard InChI is InChI=1S/C32H41F2N5O9/c33-23-4-5-24(26(34)19-23)22-3-6-28(41)25(18-22)31(46)35-7-1-2-27(32(47)48)39-14-12-36(16-17-40)8-9-37(20-29(42)43)10-11-38(13-15-39)21-30(44)45/h3-6,17-19,27,41H,1-2,7-16,20-21H2,(H,35,46)(H,42,43)(H,44,45)(H,47,48). The lowest BCUT2D eigenvalue weighted by Crippen LogP contribution is -2.51. The molecule has 262 valence electrons. The van der Waals surface area contributed by atoms with Crippen LogP contribution in [0.1, 0.15) is 23.2 Å². The summed E-state index contributed by atoms with van der Waals surface area (Å²) in [6.07, 6.45) is 1.03. The maximum Gasteiger partial charge on any atom is 0.320 e. The predicted octanol–water partition coefficient (Wildman–Crippen LogP) is 0.890. The van der Waals surface area contributed by atoms with Crippen LogP contribution in [0.2, 0.25) is 0 Å². The van der Waals surface area contributed by atoms with Gasteiger partial charge < -0.3 is 30.5 Å². The van der Waals surface area contributed by atoms with E-state index in [2.05, 4.69) is 5.32 Å². The predicted molar refractivity (Wildman–Crippen MR) is 169 cm³/mol. The first kappa shape index (κ1) is 37.9. The molecule has 3 rings (SSSR count). The van der Waals surface area contributed by atoms with E-state index in [0.29, 0.717) is 32.0 Å². The molecule has 1 unspecified atom stereocenters. The van der Waals surface area contributed by atoms with Gasteiger partial charge in [-0.05, 0) is 42.7 Å². The van der Waals surface area contributed by atoms with Gasteiger partial charge in [-0.25, -0.2) is 8.78 Å². The van der Waals surface area contributed by atoms with Crippen molar-refractivity contribution in [3.05, 3.63) is 53.6 Å². The molecule has 2 aromatic carbocycles. The number of amides is 1. The lowest BCUT2D eigenvalue weighted by atomic mass is 10.0. The fraction of sp³-hybridized carbons (Fsp3) is 0.469. The first-order valence-electron chi connectivity index (χ1n) is 15.5. The second-order valence-corrected chi connectivity index (χ2v) is 11.5. The number of phenols is 1. The van der Waals surface area contributed by atoms with E-state index >= 15 is 0 Å². The molecule has 0 radical (unpaired) electrons. The molecule has 1 amide bonds. The van der Waals surface area contributed by atoms with Crippen LogP contribution in [0.15, 0.2) is 36.4 Å². The van der Waals surface area contributed by atoms with Gasteiger partial charge in [0.2, 0.25) is 0 Å². The van der Waals surface area contributed by atoms with E-state index < -0.39 is 41.5 Å². The summed E-state index contributed by atoms with van der Waals surface area (Å²) in [6.45, 7) is 1.52. The third-order valence-electron chi connectivity index (χ3n) is 8.07. The van der Waals surface area contributed by atoms with E-state index in [0.717, 1.165) is 6.07 Å². The average Bonchev–Trinajstić information content (AvgIpc) is 3.01. The van der Waals surface area contributed by atoms with Crippen LogP contribution >= 0.6 is 0 Å². The Morgan fingerprint density at radius 1 is 0.812 bits per heavy atom. The number of aromatic hydroxyl groups is 1. The normalized spacial score (nSPS) is 16.7. The molecule has 1 atom stereocenters. The first-order chi connectivity index (χ1) is 22.9. The molecule has 0 spiro atoms. The van der Waals surface area contributed by atoms with E-state index in [1.165, 1.54) is 24.3 Å². The van der Waals surface area contributed by atoms with Crippen LogP contribution in [0.3, 0.4) is 0 Å². The number of carbonyl (C=O) groups is 5. The fourth-order valence-electron chi connectivity index (χ4n) is 5.51. The van der Waals surface area contributed by atoms with Gasteiger partial charge in [0, 0.05) is 70.5 Å². The van der Waals surface area contributed by atoms with Crippen LogP contribution in [0.4, 0.5) is 8.78 Å². The Kier molecular flexibility index (Phi) is 14.8. The Balaban J connectivity index is 1.69. The van der Waals surface area contributed by atoms with Gasteiger partial charge in [0.1, 0.15) is 29.7 Å². The molecule has 16 heteroatoms. The summed E-state index contributed by atoms with van der Waals surface area (Å²) < 4.78 is 27.7. The van der Waals surface area contributed by atoms with Gasteiger partial charge in [-0.3, -0.25) is 38.8 Å². The second-order valence-electron chi connectivity index (χ2n) is 11.5. The number of carboxylic acids is 3. The van der Waals surface area contributed by atoms with Crippen LogP contribution in [0.5, 0.6) is 5.75 Å². The van der Waals surface area contributed by atoms with Crippen molar-refractivity contribution in [3.63, 3.8) is 0 Å². The first-order valence-corrected chi connectivity index (χ1v) is 15.5. The monoisotopic (exact) mass is 677 g/mol. The topological polar surface area (TPSA) is 191 Å². The van der Waals surface area contributed by atoms with Crippen molar-refractivity contribution in [2.24, 2.45) is 0 Å². The Morgan fingerprint density at radius 2 is 1.40 bits per heavy atom. The second kappa shape index (κ2) is 18.7. The lowest BCUT2D eigenvalue weighted by molar-refractivity contribution is -0.144. The minimum absolute atomic E-state index is 0.0343. The molecule has 0 aromatic heterocycles. The van der Waals surface area contributed by atoms with Crippen molar-refractivity contribution >= 4 is 30.1 Å². The number of phenolic OH excluding ortho intramolecular Hbond substituents is 1. The summed E-state index contributed by atoms with van der Waals surface area (Å²) in [5.74, 6) is -5.89. The van der Waals surface area contributed by atoms with Crippen molar-refractivity contribution in [2.45, 2.75) is 18.9 Å². The molecule has 1 heterocycles. The average molecular weight is 678 g/mol. The smallest absolute Gasteiger partial charge is 0.320 e. The van der Waals surface area contributed by atoms with Crippen molar-refractivity contribution in [2.75, 3.05) is 78.5 Å². The molecule has 2 aromatic rings. The number of carbonyl (C=O) groups excluding carboxylic acids is 2. The Labute approximate surface area is 276 Å². The van der Waals surface area contributed by atoms with E-state index in [-0.39, 0.29) is 94.2 Å². The number of hydrogen-bond donors (Lipinski definition) is 5. The Bertz CT molecular complexity index is 1450. The number of aliphatic carboxylic acids is 3. The fourth-order valence-corrected chi connectivity index (χ4v) is 5.51. The van der Waals surface area contributed by atoms with Gasteiger partial charge in [0.15, 0.2) is 0 Å². The molecular formula is C32H41F2N5O9. The summed E-state index contributed by atoms with van der Waals surface area (Å²) in [7, 11) is 0.